The molecule has 0 N–H and O–H groups in total. The highest BCUT2D eigenvalue weighted by atomic mass is 79.9. The summed E-state index contributed by atoms with van der Waals surface area (Å²) in [7, 11) is 1.67. The van der Waals surface area contributed by atoms with E-state index in [-0.39, 0.29) is 0 Å². The molecule has 0 aliphatic carbocycles. The highest BCUT2D eigenvalue weighted by molar-refractivity contribution is 9.11. The topological polar surface area (TPSA) is 35.0 Å². The fraction of sp³-hybridized carbons (Fsp3) is 0.0588. The van der Waals surface area contributed by atoms with Crippen molar-refractivity contribution < 1.29 is 4.74 Å². The van der Waals surface area contributed by atoms with Crippen LogP contribution in [0, 0.1) is 0 Å². The van der Waals surface area contributed by atoms with Crippen LogP contribution in [0.2, 0.25) is 0 Å². The van der Waals surface area contributed by atoms with Crippen LogP contribution in [0.3, 0.4) is 0 Å². The third kappa shape index (κ3) is 5.71. The van der Waals surface area contributed by atoms with Crippen LogP contribution in [0.1, 0.15) is 0 Å². The van der Waals surface area contributed by atoms with E-state index in [2.05, 4.69) is 57.8 Å². The van der Waals surface area contributed by atoms with Crippen molar-refractivity contribution in [2.45, 2.75) is 0 Å². The zero-order valence-corrected chi connectivity index (χ0v) is 17.0. The Balaban J connectivity index is 0.000000203. The predicted octanol–water partition coefficient (Wildman–Crippen LogP) is 6.13. The number of aromatic nitrogens is 2. The van der Waals surface area contributed by atoms with E-state index in [9.17, 15) is 0 Å². The van der Waals surface area contributed by atoms with Gasteiger partial charge in [-0.25, -0.2) is 0 Å². The van der Waals surface area contributed by atoms with Gasteiger partial charge in [0, 0.05) is 49.3 Å². The van der Waals surface area contributed by atoms with Crippen LogP contribution in [0.5, 0.6) is 5.75 Å². The summed E-state index contributed by atoms with van der Waals surface area (Å²) in [5.74, 6) is 0.859. The molecule has 0 saturated heterocycles. The molecule has 0 spiro atoms. The number of rotatable bonds is 2. The Labute approximate surface area is 160 Å². The van der Waals surface area contributed by atoms with E-state index >= 15 is 0 Å². The van der Waals surface area contributed by atoms with Crippen molar-refractivity contribution in [3.63, 3.8) is 0 Å². The average molecular weight is 501 g/mol. The van der Waals surface area contributed by atoms with Crippen LogP contribution in [0.15, 0.2) is 74.6 Å². The molecule has 0 radical (unpaired) electrons. The summed E-state index contributed by atoms with van der Waals surface area (Å²) in [5.41, 5.74) is 2.09. The number of ether oxygens (including phenoxy) is 1. The smallest absolute Gasteiger partial charge is 0.126 e. The molecule has 0 fully saturated rings. The van der Waals surface area contributed by atoms with E-state index in [4.69, 9.17) is 4.74 Å². The molecule has 0 unspecified atom stereocenters. The third-order valence-corrected chi connectivity index (χ3v) is 4.10. The largest absolute Gasteiger partial charge is 0.496 e. The van der Waals surface area contributed by atoms with Crippen LogP contribution >= 0.6 is 47.8 Å². The van der Waals surface area contributed by atoms with Gasteiger partial charge in [0.25, 0.3) is 0 Å². The molecule has 0 aliphatic rings. The zero-order chi connectivity index (χ0) is 16.7. The van der Waals surface area contributed by atoms with Crippen molar-refractivity contribution in [3.8, 4) is 16.9 Å². The maximum Gasteiger partial charge on any atom is 0.126 e. The Morgan fingerprint density at radius 1 is 0.783 bits per heavy atom. The molecule has 0 amide bonds. The molecule has 118 valence electrons. The minimum atomic E-state index is 0.859. The molecule has 2 heterocycles. The van der Waals surface area contributed by atoms with Gasteiger partial charge in [-0.3, -0.25) is 9.97 Å². The summed E-state index contributed by atoms with van der Waals surface area (Å²) in [6.07, 6.45) is 7.07. The van der Waals surface area contributed by atoms with Crippen molar-refractivity contribution in [2.75, 3.05) is 7.11 Å². The predicted molar refractivity (Wildman–Crippen MR) is 104 cm³/mol. The van der Waals surface area contributed by atoms with Crippen molar-refractivity contribution in [3.05, 3.63) is 74.6 Å². The van der Waals surface area contributed by atoms with Crippen LogP contribution in [-0.4, -0.2) is 17.1 Å². The number of para-hydroxylation sites is 1. The molecular formula is C17H13Br3N2O. The first kappa shape index (κ1) is 18.1. The van der Waals surface area contributed by atoms with Gasteiger partial charge in [0.15, 0.2) is 0 Å². The SMILES string of the molecule is Brc1cncc(Br)c1.COc1ccccc1-c1cncc(Br)c1. The van der Waals surface area contributed by atoms with Gasteiger partial charge in [-0.15, -0.1) is 0 Å². The molecule has 1 aromatic carbocycles. The average Bonchev–Trinajstić information content (AvgIpc) is 2.55. The van der Waals surface area contributed by atoms with Gasteiger partial charge in [-0.2, -0.15) is 0 Å². The fourth-order valence-electron chi connectivity index (χ4n) is 1.83. The quantitative estimate of drug-likeness (QED) is 0.425. The Morgan fingerprint density at radius 3 is 1.87 bits per heavy atom. The standard InChI is InChI=1S/C12H10BrNO.C5H3Br2N/c1-15-12-5-3-2-4-11(12)9-6-10(13)8-14-7-9;6-4-1-5(7)3-8-2-4/h2-8H,1H3;1-3H. The van der Waals surface area contributed by atoms with Crippen LogP contribution < -0.4 is 4.74 Å². The number of pyridine rings is 2. The first-order chi connectivity index (χ1) is 11.1. The van der Waals surface area contributed by atoms with Crippen LogP contribution in [0.4, 0.5) is 0 Å². The fourth-order valence-corrected chi connectivity index (χ4v) is 3.23. The molecule has 6 heteroatoms. The lowest BCUT2D eigenvalue weighted by Gasteiger charge is -2.07. The van der Waals surface area contributed by atoms with Gasteiger partial charge in [-0.1, -0.05) is 18.2 Å². The molecule has 3 nitrogen and oxygen atoms in total. The molecule has 0 atom stereocenters. The first-order valence-corrected chi connectivity index (χ1v) is 8.98. The molecule has 23 heavy (non-hydrogen) atoms. The second kappa shape index (κ2) is 9.15. The maximum atomic E-state index is 5.30. The molecular weight excluding hydrogens is 488 g/mol. The van der Waals surface area contributed by atoms with Crippen LogP contribution in [0.25, 0.3) is 11.1 Å². The van der Waals surface area contributed by atoms with Gasteiger partial charge in [0.05, 0.1) is 7.11 Å². The van der Waals surface area contributed by atoms with Gasteiger partial charge >= 0.3 is 0 Å². The molecule has 0 aliphatic heterocycles. The maximum absolute atomic E-state index is 5.30. The monoisotopic (exact) mass is 498 g/mol. The van der Waals surface area contributed by atoms with Crippen molar-refractivity contribution in [1.82, 2.24) is 9.97 Å². The highest BCUT2D eigenvalue weighted by Gasteiger charge is 2.04. The van der Waals surface area contributed by atoms with E-state index < -0.39 is 0 Å². The highest BCUT2D eigenvalue weighted by Crippen LogP contribution is 2.30. The number of benzene rings is 1. The Bertz CT molecular complexity index is 764. The summed E-state index contributed by atoms with van der Waals surface area (Å²) < 4.78 is 8.25. The minimum Gasteiger partial charge on any atom is -0.496 e. The van der Waals surface area contributed by atoms with E-state index in [0.29, 0.717) is 0 Å². The number of methoxy groups -OCH3 is 1. The Morgan fingerprint density at radius 2 is 1.35 bits per heavy atom. The van der Waals surface area contributed by atoms with Crippen LogP contribution in [-0.2, 0) is 0 Å². The first-order valence-electron chi connectivity index (χ1n) is 6.60. The number of hydrogen-bond acceptors (Lipinski definition) is 3. The van der Waals surface area contributed by atoms with E-state index in [1.165, 1.54) is 0 Å². The summed E-state index contributed by atoms with van der Waals surface area (Å²) in [5, 5.41) is 0. The number of halogens is 3. The second-order valence-corrected chi connectivity index (χ2v) is 7.16. The van der Waals surface area contributed by atoms with Gasteiger partial charge in [0.2, 0.25) is 0 Å². The number of nitrogens with zero attached hydrogens (tertiary/aromatic N) is 2. The third-order valence-electron chi connectivity index (χ3n) is 2.79. The second-order valence-electron chi connectivity index (χ2n) is 4.41. The summed E-state index contributed by atoms with van der Waals surface area (Å²) in [6, 6.07) is 11.9. The lowest BCUT2D eigenvalue weighted by molar-refractivity contribution is 0.416. The van der Waals surface area contributed by atoms with Gasteiger partial charge in [0.1, 0.15) is 5.75 Å². The summed E-state index contributed by atoms with van der Waals surface area (Å²) >= 11 is 9.94. The van der Waals surface area contributed by atoms with Gasteiger partial charge in [-0.05, 0) is 66.0 Å². The normalized spacial score (nSPS) is 9.74. The molecule has 3 aromatic rings. The molecule has 0 saturated carbocycles. The van der Waals surface area contributed by atoms with E-state index in [0.717, 1.165) is 30.3 Å². The zero-order valence-electron chi connectivity index (χ0n) is 12.2. The lowest BCUT2D eigenvalue weighted by atomic mass is 10.1. The lowest BCUT2D eigenvalue weighted by Crippen LogP contribution is -1.87. The summed E-state index contributed by atoms with van der Waals surface area (Å²) in [4.78, 5) is 8.02. The number of hydrogen-bond donors (Lipinski definition) is 0. The van der Waals surface area contributed by atoms with Crippen molar-refractivity contribution in [2.24, 2.45) is 0 Å². The van der Waals surface area contributed by atoms with E-state index in [1.54, 1.807) is 25.7 Å². The Hall–Kier alpha value is -1.24. The van der Waals surface area contributed by atoms with E-state index in [1.807, 2.05) is 42.6 Å². The molecule has 0 bridgehead atoms. The minimum absolute atomic E-state index is 0.859. The molecule has 3 rings (SSSR count). The Kier molecular flexibility index (Phi) is 7.20. The van der Waals surface area contributed by atoms with Crippen molar-refractivity contribution in [1.29, 1.82) is 0 Å². The van der Waals surface area contributed by atoms with Gasteiger partial charge < -0.3 is 4.74 Å². The van der Waals surface area contributed by atoms with Crippen molar-refractivity contribution >= 4 is 47.8 Å². The molecule has 2 aromatic heterocycles. The summed E-state index contributed by atoms with van der Waals surface area (Å²) in [6.45, 7) is 0.